The van der Waals surface area contributed by atoms with Gasteiger partial charge < -0.3 is 9.88 Å². The zero-order valence-electron chi connectivity index (χ0n) is 19.0. The van der Waals surface area contributed by atoms with E-state index in [1.807, 2.05) is 41.8 Å². The van der Waals surface area contributed by atoms with E-state index < -0.39 is 6.04 Å². The SMILES string of the molecule is CC[C@H](C(=O)Nc1ccc(C(C)C)cc1)n1c(SCc2ccc(F)cc2)nc2ccncc21. The minimum atomic E-state index is -0.445. The molecule has 1 N–H and O–H groups in total. The van der Waals surface area contributed by atoms with E-state index >= 15 is 0 Å². The maximum Gasteiger partial charge on any atom is 0.247 e. The van der Waals surface area contributed by atoms with Crippen molar-refractivity contribution >= 4 is 34.4 Å². The summed E-state index contributed by atoms with van der Waals surface area (Å²) >= 11 is 1.53. The molecule has 0 saturated carbocycles. The van der Waals surface area contributed by atoms with Crippen LogP contribution < -0.4 is 5.32 Å². The largest absolute Gasteiger partial charge is 0.324 e. The second kappa shape index (κ2) is 10.2. The molecule has 0 aliphatic carbocycles. The molecule has 4 aromatic rings. The quantitative estimate of drug-likeness (QED) is 0.301. The lowest BCUT2D eigenvalue weighted by atomic mass is 10.0. The number of amides is 1. The average Bonchev–Trinajstić information content (AvgIpc) is 3.18. The van der Waals surface area contributed by atoms with Crippen molar-refractivity contribution in [1.82, 2.24) is 14.5 Å². The Morgan fingerprint density at radius 3 is 2.48 bits per heavy atom. The van der Waals surface area contributed by atoms with Crippen LogP contribution in [0.5, 0.6) is 0 Å². The Hall–Kier alpha value is -3.19. The number of carbonyl (C=O) groups is 1. The van der Waals surface area contributed by atoms with Crippen molar-refractivity contribution in [1.29, 1.82) is 0 Å². The van der Waals surface area contributed by atoms with Gasteiger partial charge in [0.1, 0.15) is 11.9 Å². The number of anilines is 1. The standard InChI is InChI=1S/C26H27FN4OS/c1-4-23(25(32)29-21-11-7-19(8-12-21)17(2)3)31-24-15-28-14-13-22(24)30-26(31)33-16-18-5-9-20(27)10-6-18/h5-15,17,23H,4,16H2,1-3H3,(H,29,32)/t23-/m1/s1. The van der Waals surface area contributed by atoms with Crippen LogP contribution in [0.25, 0.3) is 11.0 Å². The van der Waals surface area contributed by atoms with Crippen LogP contribution in [0.1, 0.15) is 50.3 Å². The molecular weight excluding hydrogens is 435 g/mol. The van der Waals surface area contributed by atoms with Crippen molar-refractivity contribution in [2.45, 2.75) is 50.1 Å². The molecule has 0 bridgehead atoms. The molecule has 0 unspecified atom stereocenters. The molecule has 33 heavy (non-hydrogen) atoms. The van der Waals surface area contributed by atoms with Crippen LogP contribution in [0, 0.1) is 5.82 Å². The van der Waals surface area contributed by atoms with E-state index in [0.29, 0.717) is 18.1 Å². The molecule has 7 heteroatoms. The van der Waals surface area contributed by atoms with Gasteiger partial charge in [-0.15, -0.1) is 0 Å². The second-order valence-corrected chi connectivity index (χ2v) is 9.18. The van der Waals surface area contributed by atoms with Gasteiger partial charge in [-0.05, 0) is 53.8 Å². The number of pyridine rings is 1. The number of hydrogen-bond donors (Lipinski definition) is 1. The number of aromatic nitrogens is 3. The van der Waals surface area contributed by atoms with Gasteiger partial charge in [0.05, 0.1) is 17.2 Å². The minimum absolute atomic E-state index is 0.0958. The third kappa shape index (κ3) is 5.25. The van der Waals surface area contributed by atoms with Crippen LogP contribution in [0.15, 0.2) is 72.1 Å². The summed E-state index contributed by atoms with van der Waals surface area (Å²) in [5.74, 6) is 0.697. The molecule has 1 atom stereocenters. The Bertz CT molecular complexity index is 1240. The fraction of sp³-hybridized carbons (Fsp3) is 0.269. The number of carbonyl (C=O) groups excluding carboxylic acids is 1. The summed E-state index contributed by atoms with van der Waals surface area (Å²) in [7, 11) is 0. The van der Waals surface area contributed by atoms with Crippen LogP contribution >= 0.6 is 11.8 Å². The Kier molecular flexibility index (Phi) is 7.08. The number of benzene rings is 2. The van der Waals surface area contributed by atoms with Crippen LogP contribution in [0.4, 0.5) is 10.1 Å². The monoisotopic (exact) mass is 462 g/mol. The van der Waals surface area contributed by atoms with Crippen molar-refractivity contribution in [2.24, 2.45) is 0 Å². The third-order valence-corrected chi connectivity index (χ3v) is 6.61. The van der Waals surface area contributed by atoms with Crippen LogP contribution in [0.3, 0.4) is 0 Å². The predicted molar refractivity (Wildman–Crippen MR) is 132 cm³/mol. The highest BCUT2D eigenvalue weighted by atomic mass is 32.2. The molecule has 0 radical (unpaired) electrons. The summed E-state index contributed by atoms with van der Waals surface area (Å²) in [6.07, 6.45) is 4.05. The Balaban J connectivity index is 1.61. The van der Waals surface area contributed by atoms with E-state index in [1.165, 1.54) is 29.5 Å². The number of thioether (sulfide) groups is 1. The van der Waals surface area contributed by atoms with Crippen molar-refractivity contribution < 1.29 is 9.18 Å². The molecule has 2 heterocycles. The summed E-state index contributed by atoms with van der Waals surface area (Å²) in [6.45, 7) is 6.27. The van der Waals surface area contributed by atoms with Gasteiger partial charge in [0.2, 0.25) is 5.91 Å². The predicted octanol–water partition coefficient (Wildman–Crippen LogP) is 6.58. The van der Waals surface area contributed by atoms with Gasteiger partial charge in [0, 0.05) is 17.6 Å². The van der Waals surface area contributed by atoms with Gasteiger partial charge in [0.15, 0.2) is 5.16 Å². The van der Waals surface area contributed by atoms with Gasteiger partial charge in [-0.2, -0.15) is 0 Å². The third-order valence-electron chi connectivity index (χ3n) is 5.59. The Morgan fingerprint density at radius 1 is 1.09 bits per heavy atom. The number of nitrogens with zero attached hydrogens (tertiary/aromatic N) is 3. The fourth-order valence-corrected chi connectivity index (χ4v) is 4.73. The van der Waals surface area contributed by atoms with E-state index in [0.717, 1.165) is 27.4 Å². The molecule has 0 aliphatic heterocycles. The molecule has 2 aromatic carbocycles. The van der Waals surface area contributed by atoms with E-state index in [-0.39, 0.29) is 11.7 Å². The Morgan fingerprint density at radius 2 is 1.82 bits per heavy atom. The molecule has 170 valence electrons. The molecule has 4 rings (SSSR count). The van der Waals surface area contributed by atoms with Crippen molar-refractivity contribution in [3.63, 3.8) is 0 Å². The highest BCUT2D eigenvalue weighted by molar-refractivity contribution is 7.98. The molecule has 0 fully saturated rings. The maximum absolute atomic E-state index is 13.3. The first-order chi connectivity index (χ1) is 16.0. The lowest BCUT2D eigenvalue weighted by Crippen LogP contribution is -2.26. The fourth-order valence-electron chi connectivity index (χ4n) is 3.71. The zero-order chi connectivity index (χ0) is 23.4. The van der Waals surface area contributed by atoms with Gasteiger partial charge in [0.25, 0.3) is 0 Å². The van der Waals surface area contributed by atoms with Crippen molar-refractivity contribution in [2.75, 3.05) is 5.32 Å². The number of rotatable bonds is 8. The molecule has 2 aromatic heterocycles. The molecule has 0 aliphatic rings. The smallest absolute Gasteiger partial charge is 0.247 e. The Labute approximate surface area is 197 Å². The van der Waals surface area contributed by atoms with Crippen LogP contribution in [-0.4, -0.2) is 20.4 Å². The lowest BCUT2D eigenvalue weighted by molar-refractivity contribution is -0.119. The first-order valence-corrected chi connectivity index (χ1v) is 12.0. The van der Waals surface area contributed by atoms with Crippen LogP contribution in [0.2, 0.25) is 0 Å². The number of fused-ring (bicyclic) bond motifs is 1. The van der Waals surface area contributed by atoms with Gasteiger partial charge in [-0.25, -0.2) is 9.37 Å². The van der Waals surface area contributed by atoms with Gasteiger partial charge in [-0.1, -0.05) is 56.8 Å². The number of halogens is 1. The number of hydrogen-bond acceptors (Lipinski definition) is 4. The second-order valence-electron chi connectivity index (χ2n) is 8.23. The summed E-state index contributed by atoms with van der Waals surface area (Å²) in [5.41, 5.74) is 4.59. The van der Waals surface area contributed by atoms with E-state index in [9.17, 15) is 9.18 Å². The first-order valence-electron chi connectivity index (χ1n) is 11.1. The molecule has 1 amide bonds. The van der Waals surface area contributed by atoms with E-state index in [4.69, 9.17) is 4.98 Å². The zero-order valence-corrected chi connectivity index (χ0v) is 19.8. The number of nitrogens with one attached hydrogen (secondary N) is 1. The van der Waals surface area contributed by atoms with E-state index in [2.05, 4.69) is 24.1 Å². The highest BCUT2D eigenvalue weighted by Gasteiger charge is 2.25. The molecular formula is C26H27FN4OS. The summed E-state index contributed by atoms with van der Waals surface area (Å²) < 4.78 is 15.2. The van der Waals surface area contributed by atoms with Gasteiger partial charge in [-0.3, -0.25) is 9.78 Å². The van der Waals surface area contributed by atoms with Gasteiger partial charge >= 0.3 is 0 Å². The summed E-state index contributed by atoms with van der Waals surface area (Å²) in [6, 6.07) is 15.8. The summed E-state index contributed by atoms with van der Waals surface area (Å²) in [5, 5.41) is 3.80. The average molecular weight is 463 g/mol. The highest BCUT2D eigenvalue weighted by Crippen LogP contribution is 2.31. The van der Waals surface area contributed by atoms with Crippen LogP contribution in [-0.2, 0) is 10.5 Å². The normalized spacial score (nSPS) is 12.3. The van der Waals surface area contributed by atoms with Crippen molar-refractivity contribution in [3.8, 4) is 0 Å². The maximum atomic E-state index is 13.3. The molecule has 0 spiro atoms. The first kappa shape index (κ1) is 23.0. The summed E-state index contributed by atoms with van der Waals surface area (Å²) in [4.78, 5) is 22.4. The topological polar surface area (TPSA) is 59.8 Å². The molecule has 5 nitrogen and oxygen atoms in total. The molecule has 0 saturated heterocycles. The van der Waals surface area contributed by atoms with E-state index in [1.54, 1.807) is 24.5 Å². The minimum Gasteiger partial charge on any atom is -0.324 e. The van der Waals surface area contributed by atoms with Crippen molar-refractivity contribution in [3.05, 3.63) is 83.9 Å². The number of imidazole rings is 1. The lowest BCUT2D eigenvalue weighted by Gasteiger charge is -2.20.